The minimum absolute atomic E-state index is 0.0967. The topological polar surface area (TPSA) is 45.7 Å². The van der Waals surface area contributed by atoms with Gasteiger partial charge in [0, 0.05) is 37.1 Å². The van der Waals surface area contributed by atoms with Crippen molar-refractivity contribution in [2.24, 2.45) is 5.92 Å². The number of carbonyl (C=O) groups is 1. The Morgan fingerprint density at radius 2 is 2.04 bits per heavy atom. The number of hydrogen-bond donors (Lipinski definition) is 0. The fourth-order valence-corrected chi connectivity index (χ4v) is 3.76. The Balaban J connectivity index is 1.72. The Bertz CT molecular complexity index is 728. The Kier molecular flexibility index (Phi) is 3.75. The van der Waals surface area contributed by atoms with Gasteiger partial charge < -0.3 is 14.5 Å². The first-order valence-electron chi connectivity index (χ1n) is 8.13. The van der Waals surface area contributed by atoms with Crippen LogP contribution in [0.1, 0.15) is 10.4 Å². The summed E-state index contributed by atoms with van der Waals surface area (Å²) >= 11 is 0. The number of para-hydroxylation sites is 1. The minimum atomic E-state index is 0.0967. The molecule has 2 bridgehead atoms. The van der Waals surface area contributed by atoms with Crippen molar-refractivity contribution in [3.05, 3.63) is 42.1 Å². The normalized spacial score (nSPS) is 25.3. The van der Waals surface area contributed by atoms with E-state index in [0.717, 1.165) is 42.7 Å². The van der Waals surface area contributed by atoms with Crippen LogP contribution in [-0.4, -0.2) is 66.6 Å². The van der Waals surface area contributed by atoms with E-state index in [1.807, 2.05) is 35.2 Å². The quantitative estimate of drug-likeness (QED) is 0.803. The smallest absolute Gasteiger partial charge is 0.254 e. The monoisotopic (exact) mass is 311 g/mol. The lowest BCUT2D eigenvalue weighted by Crippen LogP contribution is -2.46. The molecule has 5 nitrogen and oxygen atoms in total. The molecular weight excluding hydrogens is 290 g/mol. The Morgan fingerprint density at radius 3 is 2.96 bits per heavy atom. The first-order valence-corrected chi connectivity index (χ1v) is 8.13. The van der Waals surface area contributed by atoms with Crippen LogP contribution in [-0.2, 0) is 4.74 Å². The lowest BCUT2D eigenvalue weighted by atomic mass is 10.1. The van der Waals surface area contributed by atoms with E-state index in [0.29, 0.717) is 12.5 Å². The van der Waals surface area contributed by atoms with Crippen LogP contribution in [0.4, 0.5) is 0 Å². The number of benzene rings is 1. The zero-order chi connectivity index (χ0) is 15.8. The summed E-state index contributed by atoms with van der Waals surface area (Å²) in [6.45, 7) is 3.98. The number of pyridine rings is 1. The predicted octanol–water partition coefficient (Wildman–Crippen LogP) is 1.64. The van der Waals surface area contributed by atoms with E-state index in [-0.39, 0.29) is 11.9 Å². The summed E-state index contributed by atoms with van der Waals surface area (Å²) in [5.74, 6) is 0.476. The van der Waals surface area contributed by atoms with Gasteiger partial charge in [0.05, 0.1) is 30.3 Å². The van der Waals surface area contributed by atoms with Crippen molar-refractivity contribution in [3.63, 3.8) is 0 Å². The predicted molar refractivity (Wildman–Crippen MR) is 88.4 cm³/mol. The fourth-order valence-electron chi connectivity index (χ4n) is 3.76. The second kappa shape index (κ2) is 5.91. The molecule has 4 rings (SSSR count). The molecule has 2 atom stereocenters. The van der Waals surface area contributed by atoms with Crippen LogP contribution in [0.15, 0.2) is 36.5 Å². The number of fused-ring (bicyclic) bond motifs is 4. The maximum atomic E-state index is 13.2. The molecule has 2 aromatic rings. The summed E-state index contributed by atoms with van der Waals surface area (Å²) in [6.07, 6.45) is 1.72. The molecule has 5 heteroatoms. The average molecular weight is 311 g/mol. The third-order valence-corrected chi connectivity index (χ3v) is 4.79. The van der Waals surface area contributed by atoms with Gasteiger partial charge in [0.2, 0.25) is 0 Å². The van der Waals surface area contributed by atoms with Gasteiger partial charge in [0.15, 0.2) is 0 Å². The van der Waals surface area contributed by atoms with Crippen molar-refractivity contribution < 1.29 is 9.53 Å². The number of likely N-dealkylation sites (N-methyl/N-ethyl adjacent to an activating group) is 1. The Labute approximate surface area is 135 Å². The highest BCUT2D eigenvalue weighted by atomic mass is 16.5. The maximum Gasteiger partial charge on any atom is 0.254 e. The van der Waals surface area contributed by atoms with Crippen molar-refractivity contribution in [1.29, 1.82) is 0 Å². The van der Waals surface area contributed by atoms with Crippen molar-refractivity contribution >= 4 is 16.8 Å². The van der Waals surface area contributed by atoms with E-state index < -0.39 is 0 Å². The van der Waals surface area contributed by atoms with Crippen LogP contribution in [0.2, 0.25) is 0 Å². The fraction of sp³-hybridized carbons (Fsp3) is 0.444. The third-order valence-electron chi connectivity index (χ3n) is 4.79. The van der Waals surface area contributed by atoms with Gasteiger partial charge in [-0.25, -0.2) is 0 Å². The van der Waals surface area contributed by atoms with Crippen molar-refractivity contribution in [3.8, 4) is 0 Å². The minimum Gasteiger partial charge on any atom is -0.379 e. The highest BCUT2D eigenvalue weighted by Gasteiger charge is 2.35. The zero-order valence-electron chi connectivity index (χ0n) is 13.3. The van der Waals surface area contributed by atoms with E-state index in [2.05, 4.69) is 16.9 Å². The molecule has 0 saturated carbocycles. The lowest BCUT2D eigenvalue weighted by molar-refractivity contribution is 0.0484. The summed E-state index contributed by atoms with van der Waals surface area (Å²) in [5, 5.41) is 0.924. The summed E-state index contributed by atoms with van der Waals surface area (Å²) in [7, 11) is 2.13. The molecule has 1 aromatic heterocycles. The Morgan fingerprint density at radius 1 is 1.17 bits per heavy atom. The molecule has 1 aromatic carbocycles. The summed E-state index contributed by atoms with van der Waals surface area (Å²) in [4.78, 5) is 21.9. The highest BCUT2D eigenvalue weighted by Crippen LogP contribution is 2.24. The zero-order valence-corrected chi connectivity index (χ0v) is 13.3. The van der Waals surface area contributed by atoms with Gasteiger partial charge >= 0.3 is 0 Å². The molecule has 1 amide bonds. The second-order valence-corrected chi connectivity index (χ2v) is 6.61. The van der Waals surface area contributed by atoms with Gasteiger partial charge in [-0.15, -0.1) is 0 Å². The highest BCUT2D eigenvalue weighted by molar-refractivity contribution is 6.06. The molecular formula is C18H21N3O2. The molecule has 3 heterocycles. The number of ether oxygens (including phenoxy) is 1. The Hall–Kier alpha value is -1.98. The molecule has 2 saturated heterocycles. The van der Waals surface area contributed by atoms with Gasteiger partial charge in [-0.1, -0.05) is 18.2 Å². The van der Waals surface area contributed by atoms with Crippen LogP contribution in [0, 0.1) is 5.92 Å². The summed E-state index contributed by atoms with van der Waals surface area (Å²) < 4.78 is 5.78. The molecule has 0 radical (unpaired) electrons. The summed E-state index contributed by atoms with van der Waals surface area (Å²) in [5.41, 5.74) is 1.61. The van der Waals surface area contributed by atoms with Crippen LogP contribution in [0.5, 0.6) is 0 Å². The van der Waals surface area contributed by atoms with Crippen LogP contribution in [0.25, 0.3) is 10.9 Å². The van der Waals surface area contributed by atoms with Crippen molar-refractivity contribution in [1.82, 2.24) is 14.8 Å². The number of nitrogens with zero attached hydrogens (tertiary/aromatic N) is 3. The van der Waals surface area contributed by atoms with E-state index in [9.17, 15) is 4.79 Å². The first kappa shape index (κ1) is 14.6. The number of aromatic nitrogens is 1. The molecule has 2 aliphatic heterocycles. The molecule has 120 valence electrons. The number of carbonyl (C=O) groups excluding carboxylic acids is 1. The maximum absolute atomic E-state index is 13.2. The number of rotatable bonds is 1. The van der Waals surface area contributed by atoms with Crippen molar-refractivity contribution in [2.75, 3.05) is 39.9 Å². The largest absolute Gasteiger partial charge is 0.379 e. The molecule has 23 heavy (non-hydrogen) atoms. The van der Waals surface area contributed by atoms with Gasteiger partial charge in [-0.3, -0.25) is 9.78 Å². The molecule has 0 aliphatic carbocycles. The van der Waals surface area contributed by atoms with E-state index in [4.69, 9.17) is 4.74 Å². The first-order chi connectivity index (χ1) is 11.2. The molecule has 0 N–H and O–H groups in total. The van der Waals surface area contributed by atoms with Crippen molar-refractivity contribution in [2.45, 2.75) is 6.04 Å². The number of amides is 1. The molecule has 0 unspecified atom stereocenters. The lowest BCUT2D eigenvalue weighted by Gasteiger charge is -2.30. The van der Waals surface area contributed by atoms with Crippen LogP contribution in [0.3, 0.4) is 0 Å². The third kappa shape index (κ3) is 2.71. The van der Waals surface area contributed by atoms with Gasteiger partial charge in [0.25, 0.3) is 5.91 Å². The molecule has 2 aliphatic rings. The standard InChI is InChI=1S/C18H21N3O2/c1-20-8-13-9-21(14(10-20)12-23-11-13)18(22)16-6-7-19-17-5-3-2-4-15(16)17/h2-7,13-14H,8-12H2,1H3/t13-,14-/m0/s1. The van der Waals surface area contributed by atoms with Gasteiger partial charge in [-0.2, -0.15) is 0 Å². The SMILES string of the molecule is CN1C[C@@H]2COC[C@H](C1)N(C(=O)c1ccnc3ccccc13)C2. The summed E-state index contributed by atoms with van der Waals surface area (Å²) in [6, 6.07) is 9.78. The second-order valence-electron chi connectivity index (χ2n) is 6.61. The molecule has 2 fully saturated rings. The molecule has 0 spiro atoms. The number of hydrogen-bond acceptors (Lipinski definition) is 4. The van der Waals surface area contributed by atoms with E-state index in [1.165, 1.54) is 0 Å². The van der Waals surface area contributed by atoms with Gasteiger partial charge in [0.1, 0.15) is 0 Å². The average Bonchev–Trinajstić information content (AvgIpc) is 2.84. The van der Waals surface area contributed by atoms with E-state index >= 15 is 0 Å². The van der Waals surface area contributed by atoms with Gasteiger partial charge in [-0.05, 0) is 19.2 Å². The van der Waals surface area contributed by atoms with E-state index in [1.54, 1.807) is 6.20 Å². The van der Waals surface area contributed by atoms with Crippen LogP contribution >= 0.6 is 0 Å². The van der Waals surface area contributed by atoms with Crippen LogP contribution < -0.4 is 0 Å².